The number of amides is 2. The van der Waals surface area contributed by atoms with Gasteiger partial charge < -0.3 is 30.2 Å². The van der Waals surface area contributed by atoms with Crippen LogP contribution in [0.25, 0.3) is 0 Å². The first-order valence-electron chi connectivity index (χ1n) is 11.0. The van der Waals surface area contributed by atoms with Crippen molar-refractivity contribution in [1.29, 1.82) is 0 Å². The fourth-order valence-electron chi connectivity index (χ4n) is 4.12. The minimum atomic E-state index is -0.533. The van der Waals surface area contributed by atoms with Crippen LogP contribution in [0, 0.1) is 11.8 Å². The van der Waals surface area contributed by atoms with Crippen molar-refractivity contribution in [1.82, 2.24) is 5.32 Å². The smallest absolute Gasteiger partial charge is 0.233 e. The summed E-state index contributed by atoms with van der Waals surface area (Å²) in [5.41, 5.74) is 1.35. The van der Waals surface area contributed by atoms with Gasteiger partial charge in [-0.05, 0) is 49.3 Å². The monoisotopic (exact) mass is 473 g/mol. The van der Waals surface area contributed by atoms with Gasteiger partial charge in [-0.25, -0.2) is 0 Å². The van der Waals surface area contributed by atoms with E-state index in [1.807, 2.05) is 18.2 Å². The first kappa shape index (κ1) is 24.6. The Bertz CT molecular complexity index is 953. The van der Waals surface area contributed by atoms with E-state index in [9.17, 15) is 9.59 Å². The molecule has 178 valence electrons. The van der Waals surface area contributed by atoms with Gasteiger partial charge in [0, 0.05) is 23.7 Å². The number of nitrogens with one attached hydrogen (secondary N) is 3. The Morgan fingerprint density at radius 3 is 2.27 bits per heavy atom. The number of anilines is 2. The lowest BCUT2D eigenvalue weighted by atomic mass is 9.88. The van der Waals surface area contributed by atoms with Gasteiger partial charge in [0.2, 0.25) is 11.8 Å². The Morgan fingerprint density at radius 1 is 0.939 bits per heavy atom. The fraction of sp³-hybridized carbons (Fsp3) is 0.458. The number of methoxy groups -OCH3 is 3. The Labute approximate surface area is 199 Å². The van der Waals surface area contributed by atoms with E-state index >= 15 is 0 Å². The molecule has 1 saturated carbocycles. The molecule has 2 aliphatic carbocycles. The number of ether oxygens (including phenoxy) is 3. The van der Waals surface area contributed by atoms with E-state index in [1.54, 1.807) is 12.1 Å². The van der Waals surface area contributed by atoms with Crippen LogP contribution in [0.3, 0.4) is 0 Å². The molecule has 0 heterocycles. The van der Waals surface area contributed by atoms with Gasteiger partial charge in [-0.2, -0.15) is 0 Å². The van der Waals surface area contributed by atoms with E-state index in [0.29, 0.717) is 35.1 Å². The maximum atomic E-state index is 12.8. The van der Waals surface area contributed by atoms with Gasteiger partial charge in [0.25, 0.3) is 0 Å². The first-order chi connectivity index (χ1) is 15.9. The van der Waals surface area contributed by atoms with Gasteiger partial charge in [0.15, 0.2) is 16.6 Å². The molecule has 1 fully saturated rings. The quantitative estimate of drug-likeness (QED) is 0.514. The molecule has 1 aromatic carbocycles. The summed E-state index contributed by atoms with van der Waals surface area (Å²) in [5.74, 6) is 0.720. The third kappa shape index (κ3) is 6.47. The third-order valence-corrected chi connectivity index (χ3v) is 6.05. The second kappa shape index (κ2) is 11.7. The molecule has 3 rings (SSSR count). The molecule has 0 bridgehead atoms. The zero-order chi connectivity index (χ0) is 23.8. The summed E-state index contributed by atoms with van der Waals surface area (Å²) in [6.45, 7) is 0. The average Bonchev–Trinajstić information content (AvgIpc) is 2.83. The molecule has 0 saturated heterocycles. The lowest BCUT2D eigenvalue weighted by Crippen LogP contribution is -2.39. The highest BCUT2D eigenvalue weighted by Gasteiger charge is 2.29. The minimum Gasteiger partial charge on any atom is -0.497 e. The molecule has 3 N–H and O–H groups in total. The van der Waals surface area contributed by atoms with E-state index < -0.39 is 5.92 Å². The topological polar surface area (TPSA) is 97.9 Å². The molecule has 0 radical (unpaired) electrons. The van der Waals surface area contributed by atoms with Crippen LogP contribution >= 0.6 is 12.2 Å². The normalized spacial score (nSPS) is 18.6. The molecule has 0 spiro atoms. The van der Waals surface area contributed by atoms with Crippen LogP contribution < -0.4 is 16.0 Å². The largest absolute Gasteiger partial charge is 0.497 e. The van der Waals surface area contributed by atoms with E-state index in [-0.39, 0.29) is 22.8 Å². The SMILES string of the molecule is COC1=CC(C(=O)NC(=S)Nc2cccc(NC(=O)C3CCCCC3)c2)CC(OC)=C1OC. The summed E-state index contributed by atoms with van der Waals surface area (Å²) < 4.78 is 16.0. The van der Waals surface area contributed by atoms with Crippen molar-refractivity contribution < 1.29 is 23.8 Å². The van der Waals surface area contributed by atoms with Crippen molar-refractivity contribution in [2.24, 2.45) is 11.8 Å². The zero-order valence-electron chi connectivity index (χ0n) is 19.2. The summed E-state index contributed by atoms with van der Waals surface area (Å²) in [4.78, 5) is 25.3. The number of carbonyl (C=O) groups excluding carboxylic acids is 2. The van der Waals surface area contributed by atoms with E-state index in [0.717, 1.165) is 25.7 Å². The number of hydrogen-bond donors (Lipinski definition) is 3. The van der Waals surface area contributed by atoms with Crippen LogP contribution in [0.4, 0.5) is 11.4 Å². The summed E-state index contributed by atoms with van der Waals surface area (Å²) in [6.07, 6.45) is 7.28. The van der Waals surface area contributed by atoms with Gasteiger partial charge >= 0.3 is 0 Å². The molecular weight excluding hydrogens is 442 g/mol. The number of carbonyl (C=O) groups is 2. The molecule has 1 aromatic rings. The second-order valence-corrected chi connectivity index (χ2v) is 8.46. The molecule has 33 heavy (non-hydrogen) atoms. The van der Waals surface area contributed by atoms with Crippen LogP contribution in [0.5, 0.6) is 0 Å². The molecule has 8 nitrogen and oxygen atoms in total. The predicted molar refractivity (Wildman–Crippen MR) is 130 cm³/mol. The number of allylic oxidation sites excluding steroid dienone is 1. The summed E-state index contributed by atoms with van der Waals surface area (Å²) in [5, 5.41) is 8.85. The van der Waals surface area contributed by atoms with Crippen molar-refractivity contribution in [3.8, 4) is 0 Å². The van der Waals surface area contributed by atoms with Gasteiger partial charge in [0.05, 0.1) is 27.2 Å². The number of hydrogen-bond acceptors (Lipinski definition) is 6. The Kier molecular flexibility index (Phi) is 8.71. The molecule has 0 aromatic heterocycles. The second-order valence-electron chi connectivity index (χ2n) is 8.05. The Balaban J connectivity index is 1.58. The predicted octanol–water partition coefficient (Wildman–Crippen LogP) is 4.07. The number of benzene rings is 1. The van der Waals surface area contributed by atoms with Crippen molar-refractivity contribution in [2.45, 2.75) is 38.5 Å². The van der Waals surface area contributed by atoms with Crippen LogP contribution in [-0.2, 0) is 23.8 Å². The van der Waals surface area contributed by atoms with Gasteiger partial charge in [-0.15, -0.1) is 0 Å². The molecule has 0 aliphatic heterocycles. The van der Waals surface area contributed by atoms with Crippen molar-refractivity contribution in [3.63, 3.8) is 0 Å². The number of thiocarbonyl (C=S) groups is 1. The van der Waals surface area contributed by atoms with E-state index in [1.165, 1.54) is 27.8 Å². The van der Waals surface area contributed by atoms with Gasteiger partial charge in [-0.3, -0.25) is 9.59 Å². The molecule has 2 amide bonds. The van der Waals surface area contributed by atoms with Gasteiger partial charge in [0.1, 0.15) is 5.76 Å². The van der Waals surface area contributed by atoms with Crippen LogP contribution in [0.15, 0.2) is 47.6 Å². The summed E-state index contributed by atoms with van der Waals surface area (Å²) in [6, 6.07) is 7.26. The fourth-order valence-corrected chi connectivity index (χ4v) is 4.34. The van der Waals surface area contributed by atoms with Crippen LogP contribution in [0.1, 0.15) is 38.5 Å². The molecule has 2 aliphatic rings. The minimum absolute atomic E-state index is 0.0539. The Morgan fingerprint density at radius 2 is 1.64 bits per heavy atom. The lowest BCUT2D eigenvalue weighted by molar-refractivity contribution is -0.122. The summed E-state index contributed by atoms with van der Waals surface area (Å²) >= 11 is 5.33. The molecule has 1 unspecified atom stereocenters. The highest BCUT2D eigenvalue weighted by Crippen LogP contribution is 2.30. The Hall–Kier alpha value is -3.07. The third-order valence-electron chi connectivity index (χ3n) is 5.84. The van der Waals surface area contributed by atoms with Crippen molar-refractivity contribution >= 4 is 40.5 Å². The molecule has 9 heteroatoms. The van der Waals surface area contributed by atoms with Crippen molar-refractivity contribution in [3.05, 3.63) is 47.6 Å². The summed E-state index contributed by atoms with van der Waals surface area (Å²) in [7, 11) is 4.55. The average molecular weight is 474 g/mol. The highest BCUT2D eigenvalue weighted by atomic mass is 32.1. The first-order valence-corrected chi connectivity index (χ1v) is 11.5. The van der Waals surface area contributed by atoms with Crippen LogP contribution in [-0.4, -0.2) is 38.3 Å². The lowest BCUT2D eigenvalue weighted by Gasteiger charge is -2.24. The van der Waals surface area contributed by atoms with Gasteiger partial charge in [-0.1, -0.05) is 25.3 Å². The maximum Gasteiger partial charge on any atom is 0.233 e. The number of rotatable bonds is 7. The molecular formula is C24H31N3O5S. The van der Waals surface area contributed by atoms with Crippen LogP contribution in [0.2, 0.25) is 0 Å². The highest BCUT2D eigenvalue weighted by molar-refractivity contribution is 7.80. The van der Waals surface area contributed by atoms with Crippen molar-refractivity contribution in [2.75, 3.05) is 32.0 Å². The standard InChI is InChI=1S/C24H31N3O5S/c1-30-19-12-16(13-20(31-2)21(19)32-3)23(29)27-24(33)26-18-11-7-10-17(14-18)25-22(28)15-8-5-4-6-9-15/h7,10-12,14-16H,4-6,8-9,13H2,1-3H3,(H,25,28)(H2,26,27,29,33). The van der Waals surface area contributed by atoms with E-state index in [2.05, 4.69) is 16.0 Å². The van der Waals surface area contributed by atoms with E-state index in [4.69, 9.17) is 26.4 Å². The molecule has 1 atom stereocenters. The maximum absolute atomic E-state index is 12.8. The zero-order valence-corrected chi connectivity index (χ0v) is 20.1.